The van der Waals surface area contributed by atoms with E-state index in [4.69, 9.17) is 9.84 Å². The highest BCUT2D eigenvalue weighted by Gasteiger charge is 2.01. The maximum Gasteiger partial charge on any atom is 0.161 e. The van der Waals surface area contributed by atoms with Gasteiger partial charge in [0.15, 0.2) is 11.5 Å². The highest BCUT2D eigenvalue weighted by Crippen LogP contribution is 2.26. The monoisotopic (exact) mass is 209 g/mol. The van der Waals surface area contributed by atoms with Crippen LogP contribution in [0.25, 0.3) is 0 Å². The average Bonchev–Trinajstić information content (AvgIpc) is 2.23. The van der Waals surface area contributed by atoms with Crippen molar-refractivity contribution < 1.29 is 14.9 Å². The van der Waals surface area contributed by atoms with Gasteiger partial charge in [0.25, 0.3) is 0 Å². The molecule has 82 valence electrons. The molecular weight excluding hydrogens is 194 g/mol. The summed E-state index contributed by atoms with van der Waals surface area (Å²) in [7, 11) is 0. The molecule has 0 aliphatic carbocycles. The molecule has 0 amide bonds. The van der Waals surface area contributed by atoms with E-state index in [-0.39, 0.29) is 12.4 Å². The number of nitrogens with zero attached hydrogens (tertiary/aromatic N) is 1. The third-order valence-corrected chi connectivity index (χ3v) is 1.75. The molecule has 4 heteroatoms. The maximum atomic E-state index is 9.43. The van der Waals surface area contributed by atoms with E-state index >= 15 is 0 Å². The second-order valence-electron chi connectivity index (χ2n) is 2.92. The predicted octanol–water partition coefficient (Wildman–Crippen LogP) is 1.20. The first-order valence-electron chi connectivity index (χ1n) is 4.84. The zero-order valence-electron chi connectivity index (χ0n) is 8.68. The van der Waals surface area contributed by atoms with Crippen LogP contribution < -0.4 is 4.74 Å². The molecule has 0 unspecified atom stereocenters. The van der Waals surface area contributed by atoms with E-state index < -0.39 is 0 Å². The van der Waals surface area contributed by atoms with Crippen LogP contribution in [-0.4, -0.2) is 36.2 Å². The van der Waals surface area contributed by atoms with Crippen molar-refractivity contribution in [2.24, 2.45) is 4.99 Å². The number of aromatic hydroxyl groups is 1. The second-order valence-corrected chi connectivity index (χ2v) is 2.92. The van der Waals surface area contributed by atoms with Gasteiger partial charge in [0.2, 0.25) is 0 Å². The summed E-state index contributed by atoms with van der Waals surface area (Å²) < 4.78 is 5.22. The number of rotatable bonds is 5. The fourth-order valence-corrected chi connectivity index (χ4v) is 1.11. The van der Waals surface area contributed by atoms with E-state index in [9.17, 15) is 5.11 Å². The third kappa shape index (κ3) is 3.59. The van der Waals surface area contributed by atoms with Crippen molar-refractivity contribution in [3.8, 4) is 11.5 Å². The van der Waals surface area contributed by atoms with Crippen molar-refractivity contribution in [2.45, 2.75) is 6.92 Å². The number of aliphatic imine (C=N–C) groups is 1. The number of phenolic OH excluding ortho intramolecular Hbond substituents is 1. The second kappa shape index (κ2) is 6.03. The summed E-state index contributed by atoms with van der Waals surface area (Å²) in [5.41, 5.74) is 0.838. The average molecular weight is 209 g/mol. The number of hydrogen-bond donors (Lipinski definition) is 2. The van der Waals surface area contributed by atoms with Gasteiger partial charge in [-0.25, -0.2) is 0 Å². The number of hydrogen-bond acceptors (Lipinski definition) is 4. The molecule has 0 heterocycles. The molecule has 0 aromatic heterocycles. The minimum absolute atomic E-state index is 0.0346. The molecule has 0 fully saturated rings. The summed E-state index contributed by atoms with van der Waals surface area (Å²) in [5, 5.41) is 18.0. The summed E-state index contributed by atoms with van der Waals surface area (Å²) >= 11 is 0. The third-order valence-electron chi connectivity index (χ3n) is 1.75. The standard InChI is InChI=1S/C11H15NO3/c1-2-15-11-7-9(3-4-10(11)14)8-12-5-6-13/h3-4,7-8,13-14H,2,5-6H2,1H3. The van der Waals surface area contributed by atoms with E-state index in [1.54, 1.807) is 24.4 Å². The molecule has 0 saturated carbocycles. The van der Waals surface area contributed by atoms with Gasteiger partial charge in [-0.05, 0) is 30.7 Å². The zero-order chi connectivity index (χ0) is 11.1. The highest BCUT2D eigenvalue weighted by atomic mass is 16.5. The summed E-state index contributed by atoms with van der Waals surface area (Å²) in [4.78, 5) is 3.98. The van der Waals surface area contributed by atoms with E-state index in [0.29, 0.717) is 18.9 Å². The molecule has 0 spiro atoms. The van der Waals surface area contributed by atoms with Crippen LogP contribution in [0.15, 0.2) is 23.2 Å². The van der Waals surface area contributed by atoms with Crippen LogP contribution in [0.3, 0.4) is 0 Å². The Morgan fingerprint density at radius 2 is 2.27 bits per heavy atom. The molecular formula is C11H15NO3. The van der Waals surface area contributed by atoms with Crippen molar-refractivity contribution in [1.82, 2.24) is 0 Å². The summed E-state index contributed by atoms with van der Waals surface area (Å²) in [6, 6.07) is 5.00. The van der Waals surface area contributed by atoms with Gasteiger partial charge in [-0.3, -0.25) is 4.99 Å². The molecule has 0 radical (unpaired) electrons. The molecule has 0 bridgehead atoms. The Labute approximate surface area is 88.9 Å². The Bertz CT molecular complexity index is 337. The van der Waals surface area contributed by atoms with Crippen molar-refractivity contribution in [1.29, 1.82) is 0 Å². The first-order valence-corrected chi connectivity index (χ1v) is 4.84. The Kier molecular flexibility index (Phi) is 4.63. The van der Waals surface area contributed by atoms with Crippen LogP contribution in [0.1, 0.15) is 12.5 Å². The molecule has 0 saturated heterocycles. The lowest BCUT2D eigenvalue weighted by Gasteiger charge is -2.05. The molecule has 4 nitrogen and oxygen atoms in total. The lowest BCUT2D eigenvalue weighted by molar-refractivity contribution is 0.307. The molecule has 0 atom stereocenters. The van der Waals surface area contributed by atoms with Gasteiger partial charge < -0.3 is 14.9 Å². The van der Waals surface area contributed by atoms with Gasteiger partial charge in [0, 0.05) is 6.21 Å². The summed E-state index contributed by atoms with van der Waals surface area (Å²) in [6.45, 7) is 2.77. The first kappa shape index (κ1) is 11.5. The van der Waals surface area contributed by atoms with Crippen LogP contribution in [0.4, 0.5) is 0 Å². The van der Waals surface area contributed by atoms with Crippen LogP contribution in [0.5, 0.6) is 11.5 Å². The lowest BCUT2D eigenvalue weighted by atomic mass is 10.2. The van der Waals surface area contributed by atoms with Crippen LogP contribution in [0, 0.1) is 0 Å². The summed E-state index contributed by atoms with van der Waals surface area (Å²) in [5.74, 6) is 0.571. The van der Waals surface area contributed by atoms with Gasteiger partial charge in [0.1, 0.15) is 0 Å². The van der Waals surface area contributed by atoms with E-state index in [0.717, 1.165) is 5.56 Å². The Morgan fingerprint density at radius 1 is 1.47 bits per heavy atom. The van der Waals surface area contributed by atoms with Gasteiger partial charge in [-0.2, -0.15) is 0 Å². The Morgan fingerprint density at radius 3 is 2.93 bits per heavy atom. The lowest BCUT2D eigenvalue weighted by Crippen LogP contribution is -1.94. The van der Waals surface area contributed by atoms with Crippen molar-refractivity contribution in [3.05, 3.63) is 23.8 Å². The fraction of sp³-hybridized carbons (Fsp3) is 0.364. The molecule has 2 N–H and O–H groups in total. The van der Waals surface area contributed by atoms with Gasteiger partial charge in [-0.15, -0.1) is 0 Å². The van der Waals surface area contributed by atoms with Crippen LogP contribution in [0.2, 0.25) is 0 Å². The smallest absolute Gasteiger partial charge is 0.161 e. The SMILES string of the molecule is CCOc1cc(C=NCCO)ccc1O. The minimum atomic E-state index is 0.0346. The van der Waals surface area contributed by atoms with Gasteiger partial charge in [-0.1, -0.05) is 0 Å². The molecule has 0 aliphatic rings. The summed E-state index contributed by atoms with van der Waals surface area (Å²) in [6.07, 6.45) is 1.64. The normalized spacial score (nSPS) is 10.8. The maximum absolute atomic E-state index is 9.43. The molecule has 0 aliphatic heterocycles. The van der Waals surface area contributed by atoms with Crippen LogP contribution in [-0.2, 0) is 0 Å². The van der Waals surface area contributed by atoms with Crippen molar-refractivity contribution >= 4 is 6.21 Å². The number of aliphatic hydroxyl groups is 1. The van der Waals surface area contributed by atoms with E-state index in [1.165, 1.54) is 0 Å². The molecule has 1 aromatic carbocycles. The number of aliphatic hydroxyl groups excluding tert-OH is 1. The van der Waals surface area contributed by atoms with E-state index in [2.05, 4.69) is 4.99 Å². The number of phenols is 1. The predicted molar refractivity (Wildman–Crippen MR) is 58.8 cm³/mol. The Hall–Kier alpha value is -1.55. The number of ether oxygens (including phenoxy) is 1. The Balaban J connectivity index is 2.77. The highest BCUT2D eigenvalue weighted by molar-refractivity contribution is 5.80. The quantitative estimate of drug-likeness (QED) is 0.716. The largest absolute Gasteiger partial charge is 0.504 e. The molecule has 1 aromatic rings. The van der Waals surface area contributed by atoms with Gasteiger partial charge in [0.05, 0.1) is 19.8 Å². The van der Waals surface area contributed by atoms with E-state index in [1.807, 2.05) is 6.92 Å². The van der Waals surface area contributed by atoms with Crippen LogP contribution >= 0.6 is 0 Å². The first-order chi connectivity index (χ1) is 7.27. The minimum Gasteiger partial charge on any atom is -0.504 e. The molecule has 1 rings (SSSR count). The zero-order valence-corrected chi connectivity index (χ0v) is 8.68. The molecule has 15 heavy (non-hydrogen) atoms. The van der Waals surface area contributed by atoms with Crippen molar-refractivity contribution in [3.63, 3.8) is 0 Å². The van der Waals surface area contributed by atoms with Crippen molar-refractivity contribution in [2.75, 3.05) is 19.8 Å². The van der Waals surface area contributed by atoms with Gasteiger partial charge >= 0.3 is 0 Å². The fourth-order valence-electron chi connectivity index (χ4n) is 1.11. The topological polar surface area (TPSA) is 62.0 Å². The number of benzene rings is 1.